The van der Waals surface area contributed by atoms with Gasteiger partial charge < -0.3 is 4.57 Å². The fourth-order valence-electron chi connectivity index (χ4n) is 2.90. The molecule has 4 nitrogen and oxygen atoms in total. The summed E-state index contributed by atoms with van der Waals surface area (Å²) in [5.74, 6) is -1.29. The van der Waals surface area contributed by atoms with Gasteiger partial charge in [0.05, 0.1) is 17.5 Å². The van der Waals surface area contributed by atoms with Crippen LogP contribution in [0.2, 0.25) is 0 Å². The molecule has 3 aromatic rings. The van der Waals surface area contributed by atoms with E-state index < -0.39 is 21.7 Å². The Labute approximate surface area is 145 Å². The SMILES string of the molecule is CC(C)n1cc(-c2cc(F)cc(F)c2)c2ccc(NS(C)(=O)=O)cc21. The number of aromatic nitrogens is 1. The number of benzene rings is 2. The summed E-state index contributed by atoms with van der Waals surface area (Å²) in [5.41, 5.74) is 2.34. The molecule has 1 heterocycles. The predicted octanol–water partition coefficient (Wildman–Crippen LogP) is 4.54. The van der Waals surface area contributed by atoms with Crippen LogP contribution in [0.3, 0.4) is 0 Å². The Balaban J connectivity index is 2.24. The lowest BCUT2D eigenvalue weighted by Gasteiger charge is -2.10. The quantitative estimate of drug-likeness (QED) is 0.739. The number of rotatable bonds is 4. The van der Waals surface area contributed by atoms with E-state index in [-0.39, 0.29) is 6.04 Å². The van der Waals surface area contributed by atoms with Gasteiger partial charge in [0, 0.05) is 29.3 Å². The molecule has 0 aliphatic carbocycles. The largest absolute Gasteiger partial charge is 0.344 e. The smallest absolute Gasteiger partial charge is 0.229 e. The van der Waals surface area contributed by atoms with Gasteiger partial charge in [-0.05, 0) is 43.7 Å². The second-order valence-corrected chi connectivity index (χ2v) is 8.06. The van der Waals surface area contributed by atoms with E-state index in [0.717, 1.165) is 23.2 Å². The molecule has 0 unspecified atom stereocenters. The Morgan fingerprint density at radius 1 is 1.04 bits per heavy atom. The summed E-state index contributed by atoms with van der Waals surface area (Å²) in [6.07, 6.45) is 2.91. The molecule has 0 saturated carbocycles. The first-order valence-electron chi connectivity index (χ1n) is 7.73. The van der Waals surface area contributed by atoms with Crippen molar-refractivity contribution in [3.8, 4) is 11.1 Å². The Morgan fingerprint density at radius 3 is 2.24 bits per heavy atom. The van der Waals surface area contributed by atoms with Crippen LogP contribution in [-0.4, -0.2) is 19.2 Å². The van der Waals surface area contributed by atoms with Gasteiger partial charge in [-0.2, -0.15) is 0 Å². The number of nitrogens with one attached hydrogen (secondary N) is 1. The van der Waals surface area contributed by atoms with Gasteiger partial charge in [0.15, 0.2) is 0 Å². The van der Waals surface area contributed by atoms with Crippen molar-refractivity contribution in [2.45, 2.75) is 19.9 Å². The molecule has 1 N–H and O–H groups in total. The minimum absolute atomic E-state index is 0.0862. The maximum absolute atomic E-state index is 13.6. The third-order valence-electron chi connectivity index (χ3n) is 3.87. The number of anilines is 1. The lowest BCUT2D eigenvalue weighted by Crippen LogP contribution is -2.09. The van der Waals surface area contributed by atoms with Crippen LogP contribution in [0.1, 0.15) is 19.9 Å². The van der Waals surface area contributed by atoms with Crippen molar-refractivity contribution >= 4 is 26.6 Å². The molecule has 0 aliphatic heterocycles. The van der Waals surface area contributed by atoms with Crippen molar-refractivity contribution in [3.63, 3.8) is 0 Å². The third-order valence-corrected chi connectivity index (χ3v) is 4.47. The maximum atomic E-state index is 13.6. The number of hydrogen-bond acceptors (Lipinski definition) is 2. The summed E-state index contributed by atoms with van der Waals surface area (Å²) in [7, 11) is -3.39. The highest BCUT2D eigenvalue weighted by atomic mass is 32.2. The average molecular weight is 364 g/mol. The van der Waals surface area contributed by atoms with Gasteiger partial charge >= 0.3 is 0 Å². The van der Waals surface area contributed by atoms with E-state index >= 15 is 0 Å². The molecule has 25 heavy (non-hydrogen) atoms. The molecule has 2 aromatic carbocycles. The van der Waals surface area contributed by atoms with Gasteiger partial charge in [-0.15, -0.1) is 0 Å². The molecule has 0 spiro atoms. The number of hydrogen-bond donors (Lipinski definition) is 1. The highest BCUT2D eigenvalue weighted by molar-refractivity contribution is 7.92. The first-order chi connectivity index (χ1) is 11.6. The van der Waals surface area contributed by atoms with E-state index in [1.54, 1.807) is 18.2 Å². The number of fused-ring (bicyclic) bond motifs is 1. The van der Waals surface area contributed by atoms with Crippen LogP contribution < -0.4 is 4.72 Å². The van der Waals surface area contributed by atoms with Crippen molar-refractivity contribution < 1.29 is 17.2 Å². The van der Waals surface area contributed by atoms with E-state index in [4.69, 9.17) is 0 Å². The van der Waals surface area contributed by atoms with Gasteiger partial charge in [-0.3, -0.25) is 4.72 Å². The first kappa shape index (κ1) is 17.4. The van der Waals surface area contributed by atoms with Crippen LogP contribution in [-0.2, 0) is 10.0 Å². The molecule has 0 atom stereocenters. The van der Waals surface area contributed by atoms with Crippen LogP contribution in [0.15, 0.2) is 42.6 Å². The molecule has 0 radical (unpaired) electrons. The lowest BCUT2D eigenvalue weighted by atomic mass is 10.0. The van der Waals surface area contributed by atoms with E-state index in [1.807, 2.05) is 24.6 Å². The van der Waals surface area contributed by atoms with Crippen molar-refractivity contribution in [2.75, 3.05) is 11.0 Å². The molecule has 0 aliphatic rings. The van der Waals surface area contributed by atoms with Gasteiger partial charge in [0.2, 0.25) is 10.0 Å². The summed E-state index contributed by atoms with van der Waals surface area (Å²) in [6, 6.07) is 8.58. The minimum atomic E-state index is -3.39. The zero-order valence-electron chi connectivity index (χ0n) is 14.0. The Morgan fingerprint density at radius 2 is 1.68 bits per heavy atom. The van der Waals surface area contributed by atoms with Crippen LogP contribution in [0.4, 0.5) is 14.5 Å². The summed E-state index contributed by atoms with van der Waals surface area (Å²) >= 11 is 0. The van der Waals surface area contributed by atoms with E-state index in [9.17, 15) is 17.2 Å². The number of nitrogens with zero attached hydrogens (tertiary/aromatic N) is 1. The first-order valence-corrected chi connectivity index (χ1v) is 9.62. The zero-order chi connectivity index (χ0) is 18.4. The molecule has 0 saturated heterocycles. The van der Waals surface area contributed by atoms with E-state index in [0.29, 0.717) is 16.8 Å². The predicted molar refractivity (Wildman–Crippen MR) is 96.1 cm³/mol. The van der Waals surface area contributed by atoms with Gasteiger partial charge in [-0.1, -0.05) is 6.07 Å². The second kappa shape index (κ2) is 6.15. The topological polar surface area (TPSA) is 51.1 Å². The second-order valence-electron chi connectivity index (χ2n) is 6.31. The minimum Gasteiger partial charge on any atom is -0.344 e. The molecule has 0 bridgehead atoms. The van der Waals surface area contributed by atoms with Crippen molar-refractivity contribution in [3.05, 3.63) is 54.2 Å². The van der Waals surface area contributed by atoms with Crippen molar-refractivity contribution in [2.24, 2.45) is 0 Å². The van der Waals surface area contributed by atoms with Crippen LogP contribution in [0, 0.1) is 11.6 Å². The Bertz CT molecular complexity index is 1040. The van der Waals surface area contributed by atoms with Crippen LogP contribution in [0.5, 0.6) is 0 Å². The van der Waals surface area contributed by atoms with Gasteiger partial charge in [0.1, 0.15) is 11.6 Å². The molecule has 1 aromatic heterocycles. The van der Waals surface area contributed by atoms with Gasteiger partial charge in [-0.25, -0.2) is 17.2 Å². The number of sulfonamides is 1. The fraction of sp³-hybridized carbons (Fsp3) is 0.222. The van der Waals surface area contributed by atoms with Crippen molar-refractivity contribution in [1.29, 1.82) is 0 Å². The number of halogens is 2. The highest BCUT2D eigenvalue weighted by Gasteiger charge is 2.15. The van der Waals surface area contributed by atoms with Gasteiger partial charge in [0.25, 0.3) is 0 Å². The normalized spacial score (nSPS) is 12.1. The molecule has 0 amide bonds. The van der Waals surface area contributed by atoms with E-state index in [2.05, 4.69) is 4.72 Å². The molecule has 0 fully saturated rings. The average Bonchev–Trinajstić information content (AvgIpc) is 2.83. The molecular formula is C18H18F2N2O2S. The molecule has 7 heteroatoms. The lowest BCUT2D eigenvalue weighted by molar-refractivity contribution is 0.584. The Kier molecular flexibility index (Phi) is 4.28. The Hall–Kier alpha value is -2.41. The molecule has 132 valence electrons. The summed E-state index contributed by atoms with van der Waals surface area (Å²) < 4.78 is 54.5. The monoisotopic (exact) mass is 364 g/mol. The third kappa shape index (κ3) is 3.66. The zero-order valence-corrected chi connectivity index (χ0v) is 14.9. The standard InChI is InChI=1S/C18H18F2N2O2S/c1-11(2)22-10-17(12-6-13(19)8-14(20)7-12)16-5-4-15(9-18(16)22)21-25(3,23)24/h4-11,21H,1-3H3. The van der Waals surface area contributed by atoms with Crippen LogP contribution >= 0.6 is 0 Å². The molecular weight excluding hydrogens is 346 g/mol. The molecule has 3 rings (SSSR count). The summed E-state index contributed by atoms with van der Waals surface area (Å²) in [4.78, 5) is 0. The summed E-state index contributed by atoms with van der Waals surface area (Å²) in [5, 5.41) is 0.790. The fourth-order valence-corrected chi connectivity index (χ4v) is 3.45. The summed E-state index contributed by atoms with van der Waals surface area (Å²) in [6.45, 7) is 3.96. The maximum Gasteiger partial charge on any atom is 0.229 e. The van der Waals surface area contributed by atoms with Crippen molar-refractivity contribution in [1.82, 2.24) is 4.57 Å². The van der Waals surface area contributed by atoms with E-state index in [1.165, 1.54) is 12.1 Å². The van der Waals surface area contributed by atoms with Crippen LogP contribution in [0.25, 0.3) is 22.0 Å². The highest BCUT2D eigenvalue weighted by Crippen LogP contribution is 2.34.